The van der Waals surface area contributed by atoms with E-state index in [2.05, 4.69) is 20.3 Å². The van der Waals surface area contributed by atoms with Crippen LogP contribution in [0.25, 0.3) is 21.9 Å². The number of benzene rings is 2. The minimum Gasteiger partial charge on any atom is -0.497 e. The first-order valence-electron chi connectivity index (χ1n) is 13.3. The van der Waals surface area contributed by atoms with Crippen LogP contribution in [0.3, 0.4) is 0 Å². The number of rotatable bonds is 9. The SMILES string of the molecule is C/C=C\C(Cn1c(C(C)Nc2ncnc3c2c(=O)ccn3Cc2ccc(OC)cc2)nc2ccc(F)cc2c1=O)=NC. The van der Waals surface area contributed by atoms with Crippen molar-refractivity contribution in [3.05, 3.63) is 111 Å². The van der Waals surface area contributed by atoms with Crippen molar-refractivity contribution in [3.8, 4) is 5.75 Å². The van der Waals surface area contributed by atoms with E-state index < -0.39 is 17.4 Å². The van der Waals surface area contributed by atoms with Crippen LogP contribution < -0.4 is 21.0 Å². The maximum absolute atomic E-state index is 14.1. The Morgan fingerprint density at radius 2 is 1.93 bits per heavy atom. The molecule has 0 saturated carbocycles. The molecule has 3 heterocycles. The van der Waals surface area contributed by atoms with Crippen molar-refractivity contribution in [1.29, 1.82) is 0 Å². The second-order valence-electron chi connectivity index (χ2n) is 9.68. The molecule has 11 heteroatoms. The monoisotopic (exact) mass is 567 g/mol. The fourth-order valence-electron chi connectivity index (χ4n) is 4.81. The number of aromatic nitrogens is 5. The minimum atomic E-state index is -0.580. The topological polar surface area (TPSA) is 116 Å². The molecule has 10 nitrogen and oxygen atoms in total. The Hall–Kier alpha value is -5.19. The number of hydrogen-bond acceptors (Lipinski definition) is 8. The van der Waals surface area contributed by atoms with Gasteiger partial charge in [0, 0.05) is 25.9 Å². The van der Waals surface area contributed by atoms with Crippen LogP contribution in [0.1, 0.15) is 31.3 Å². The fourth-order valence-corrected chi connectivity index (χ4v) is 4.81. The Kier molecular flexibility index (Phi) is 8.19. The number of hydrogen-bond donors (Lipinski definition) is 1. The third-order valence-corrected chi connectivity index (χ3v) is 6.92. The number of fused-ring (bicyclic) bond motifs is 2. The van der Waals surface area contributed by atoms with Crippen molar-refractivity contribution in [3.63, 3.8) is 0 Å². The van der Waals surface area contributed by atoms with Crippen LogP contribution in [-0.4, -0.2) is 44.0 Å². The standard InChI is InChI=1S/C31H30FN7O3/c1-5-6-22(33-3)17-39-29(37-25-12-9-21(32)15-24(25)31(39)41)19(2)36-28-27-26(40)13-14-38(30(27)35-18-34-28)16-20-7-10-23(42-4)11-8-20/h5-15,18-19H,16-17H2,1-4H3,(H,34,35,36)/b6-5-,33-22?. The van der Waals surface area contributed by atoms with Gasteiger partial charge in [0.15, 0.2) is 5.43 Å². The van der Waals surface area contributed by atoms with Gasteiger partial charge in [0.2, 0.25) is 0 Å². The molecule has 0 aliphatic carbocycles. The largest absolute Gasteiger partial charge is 0.497 e. The zero-order chi connectivity index (χ0) is 29.8. The van der Waals surface area contributed by atoms with Gasteiger partial charge < -0.3 is 14.6 Å². The number of halogens is 1. The van der Waals surface area contributed by atoms with Gasteiger partial charge in [-0.05, 0) is 55.8 Å². The molecule has 0 saturated heterocycles. The second-order valence-corrected chi connectivity index (χ2v) is 9.68. The number of aliphatic imine (C=N–C) groups is 1. The van der Waals surface area contributed by atoms with Gasteiger partial charge in [0.25, 0.3) is 5.56 Å². The molecular weight excluding hydrogens is 537 g/mol. The van der Waals surface area contributed by atoms with E-state index in [1.807, 2.05) is 48.8 Å². The Balaban J connectivity index is 1.58. The summed E-state index contributed by atoms with van der Waals surface area (Å²) < 4.78 is 22.6. The highest BCUT2D eigenvalue weighted by molar-refractivity contribution is 5.95. The summed E-state index contributed by atoms with van der Waals surface area (Å²) >= 11 is 0. The molecule has 0 spiro atoms. The van der Waals surface area contributed by atoms with Crippen molar-refractivity contribution in [2.24, 2.45) is 4.99 Å². The third-order valence-electron chi connectivity index (χ3n) is 6.92. The predicted molar refractivity (Wildman–Crippen MR) is 162 cm³/mol. The molecule has 0 aliphatic heterocycles. The molecule has 0 amide bonds. The molecule has 1 unspecified atom stereocenters. The zero-order valence-electron chi connectivity index (χ0n) is 23.7. The predicted octanol–water partition coefficient (Wildman–Crippen LogP) is 4.52. The molecule has 0 fully saturated rings. The van der Waals surface area contributed by atoms with E-state index in [1.54, 1.807) is 26.4 Å². The number of methoxy groups -OCH3 is 1. The minimum absolute atomic E-state index is 0.125. The van der Waals surface area contributed by atoms with Crippen molar-refractivity contribution in [2.75, 3.05) is 19.5 Å². The highest BCUT2D eigenvalue weighted by Crippen LogP contribution is 2.23. The highest BCUT2D eigenvalue weighted by Gasteiger charge is 2.20. The van der Waals surface area contributed by atoms with E-state index in [9.17, 15) is 14.0 Å². The molecule has 3 aromatic heterocycles. The van der Waals surface area contributed by atoms with Crippen LogP contribution in [0.15, 0.2) is 87.8 Å². The van der Waals surface area contributed by atoms with E-state index in [4.69, 9.17) is 9.72 Å². The van der Waals surface area contributed by atoms with Crippen LogP contribution >= 0.6 is 0 Å². The van der Waals surface area contributed by atoms with Gasteiger partial charge in [0.05, 0.1) is 36.3 Å². The maximum atomic E-state index is 14.1. The van der Waals surface area contributed by atoms with Crippen molar-refractivity contribution < 1.29 is 9.13 Å². The van der Waals surface area contributed by atoms with Gasteiger partial charge in [-0.2, -0.15) is 0 Å². The number of anilines is 1. The number of nitrogens with zero attached hydrogens (tertiary/aromatic N) is 6. The van der Waals surface area contributed by atoms with Crippen LogP contribution in [0.2, 0.25) is 0 Å². The second kappa shape index (κ2) is 12.1. The Morgan fingerprint density at radius 3 is 2.64 bits per heavy atom. The molecule has 42 heavy (non-hydrogen) atoms. The number of pyridine rings is 1. The summed E-state index contributed by atoms with van der Waals surface area (Å²) in [5.41, 5.74) is 1.80. The zero-order valence-corrected chi connectivity index (χ0v) is 23.7. The third kappa shape index (κ3) is 5.67. The van der Waals surface area contributed by atoms with E-state index in [1.165, 1.54) is 35.2 Å². The van der Waals surface area contributed by atoms with Gasteiger partial charge in [-0.25, -0.2) is 19.3 Å². The number of nitrogens with one attached hydrogen (secondary N) is 1. The lowest BCUT2D eigenvalue weighted by Gasteiger charge is -2.21. The molecule has 5 rings (SSSR count). The van der Waals surface area contributed by atoms with Gasteiger partial charge in [0.1, 0.15) is 40.6 Å². The highest BCUT2D eigenvalue weighted by atomic mass is 19.1. The lowest BCUT2D eigenvalue weighted by atomic mass is 10.2. The van der Waals surface area contributed by atoms with Crippen molar-refractivity contribution >= 4 is 33.5 Å². The van der Waals surface area contributed by atoms with Gasteiger partial charge in [-0.3, -0.25) is 19.1 Å². The Morgan fingerprint density at radius 1 is 1.14 bits per heavy atom. The summed E-state index contributed by atoms with van der Waals surface area (Å²) in [6.45, 7) is 4.27. The molecule has 2 aromatic carbocycles. The van der Waals surface area contributed by atoms with Crippen molar-refractivity contribution in [1.82, 2.24) is 24.1 Å². The normalized spacial score (nSPS) is 12.7. The first kappa shape index (κ1) is 28.3. The molecule has 0 bridgehead atoms. The number of allylic oxidation sites excluding steroid dienone is 2. The van der Waals surface area contributed by atoms with E-state index in [0.717, 1.165) is 11.3 Å². The molecule has 5 aromatic rings. The molecule has 0 radical (unpaired) electrons. The van der Waals surface area contributed by atoms with Crippen molar-refractivity contribution in [2.45, 2.75) is 33.0 Å². The van der Waals surface area contributed by atoms with Crippen LogP contribution in [0.4, 0.5) is 10.2 Å². The lowest BCUT2D eigenvalue weighted by Crippen LogP contribution is -2.31. The summed E-state index contributed by atoms with van der Waals surface area (Å²) in [5.74, 6) is 0.911. The van der Waals surface area contributed by atoms with Crippen LogP contribution in [-0.2, 0) is 13.1 Å². The van der Waals surface area contributed by atoms with E-state index in [0.29, 0.717) is 40.4 Å². The summed E-state index contributed by atoms with van der Waals surface area (Å²) in [6.07, 6.45) is 6.71. The Bertz CT molecular complexity index is 1950. The summed E-state index contributed by atoms with van der Waals surface area (Å²) in [4.78, 5) is 44.5. The average molecular weight is 568 g/mol. The van der Waals surface area contributed by atoms with Crippen LogP contribution in [0.5, 0.6) is 5.75 Å². The molecule has 1 N–H and O–H groups in total. The first-order valence-corrected chi connectivity index (χ1v) is 13.3. The van der Waals surface area contributed by atoms with E-state index >= 15 is 0 Å². The molecule has 214 valence electrons. The van der Waals surface area contributed by atoms with Gasteiger partial charge in [-0.15, -0.1) is 0 Å². The Labute approximate surface area is 240 Å². The average Bonchev–Trinajstić information content (AvgIpc) is 3.00. The molecule has 0 aliphatic rings. The molecular formula is C31H30FN7O3. The molecule has 1 atom stereocenters. The summed E-state index contributed by atoms with van der Waals surface area (Å²) in [6, 6.07) is 12.5. The van der Waals surface area contributed by atoms with E-state index in [-0.39, 0.29) is 17.4 Å². The smallest absolute Gasteiger partial charge is 0.261 e. The van der Waals surface area contributed by atoms with Crippen LogP contribution in [0, 0.1) is 5.82 Å². The lowest BCUT2D eigenvalue weighted by molar-refractivity contribution is 0.414. The first-order chi connectivity index (χ1) is 20.3. The summed E-state index contributed by atoms with van der Waals surface area (Å²) in [7, 11) is 3.25. The van der Waals surface area contributed by atoms with Gasteiger partial charge >= 0.3 is 0 Å². The quantitative estimate of drug-likeness (QED) is 0.260. The number of ether oxygens (including phenoxy) is 1. The fraction of sp³-hybridized carbons (Fsp3) is 0.226. The maximum Gasteiger partial charge on any atom is 0.261 e. The van der Waals surface area contributed by atoms with Gasteiger partial charge in [-0.1, -0.05) is 18.2 Å². The summed E-state index contributed by atoms with van der Waals surface area (Å²) in [5, 5.41) is 3.75.